The van der Waals surface area contributed by atoms with Crippen molar-refractivity contribution in [3.05, 3.63) is 83.8 Å². The minimum atomic E-state index is -0.0709. The molecule has 0 aliphatic carbocycles. The van der Waals surface area contributed by atoms with E-state index in [4.69, 9.17) is 4.42 Å². The Morgan fingerprint density at radius 3 is 2.53 bits per heavy atom. The number of carbonyl (C=O) groups excluding carboxylic acids is 1. The van der Waals surface area contributed by atoms with Gasteiger partial charge in [0.15, 0.2) is 11.0 Å². The number of para-hydroxylation sites is 1. The van der Waals surface area contributed by atoms with Crippen molar-refractivity contribution in [1.29, 1.82) is 0 Å². The molecule has 0 saturated carbocycles. The molecule has 0 saturated heterocycles. The summed E-state index contributed by atoms with van der Waals surface area (Å²) in [5, 5.41) is 12.5. The molecule has 1 N–H and O–H groups in total. The van der Waals surface area contributed by atoms with E-state index < -0.39 is 0 Å². The van der Waals surface area contributed by atoms with Crippen LogP contribution in [0.5, 0.6) is 0 Å². The van der Waals surface area contributed by atoms with Crippen LogP contribution in [0.4, 0.5) is 5.69 Å². The summed E-state index contributed by atoms with van der Waals surface area (Å²) in [5.41, 5.74) is 4.01. The molecular weight excluding hydrogens is 420 g/mol. The van der Waals surface area contributed by atoms with Crippen molar-refractivity contribution in [3.8, 4) is 11.4 Å². The van der Waals surface area contributed by atoms with E-state index in [1.165, 1.54) is 11.8 Å². The number of hydrogen-bond acceptors (Lipinski definition) is 5. The predicted octanol–water partition coefficient (Wildman–Crippen LogP) is 5.75. The predicted molar refractivity (Wildman–Crippen MR) is 128 cm³/mol. The van der Waals surface area contributed by atoms with E-state index in [9.17, 15) is 4.79 Å². The summed E-state index contributed by atoms with van der Waals surface area (Å²) in [7, 11) is 0. The third kappa shape index (κ3) is 4.94. The third-order valence-electron chi connectivity index (χ3n) is 5.19. The maximum atomic E-state index is 12.7. The molecule has 0 radical (unpaired) electrons. The average Bonchev–Trinajstić information content (AvgIpc) is 3.38. The number of carbonyl (C=O) groups is 1. The van der Waals surface area contributed by atoms with Gasteiger partial charge in [-0.3, -0.25) is 9.36 Å². The second-order valence-electron chi connectivity index (χ2n) is 7.85. The van der Waals surface area contributed by atoms with Crippen LogP contribution in [-0.2, 0) is 11.3 Å². The summed E-state index contributed by atoms with van der Waals surface area (Å²) in [6, 6.07) is 19.9. The van der Waals surface area contributed by atoms with Gasteiger partial charge in [0.1, 0.15) is 5.76 Å². The number of amides is 1. The molecule has 7 heteroatoms. The van der Waals surface area contributed by atoms with Gasteiger partial charge in [-0.2, -0.15) is 0 Å². The number of benzene rings is 2. The normalized spacial score (nSPS) is 11.1. The third-order valence-corrected chi connectivity index (χ3v) is 6.16. The minimum absolute atomic E-state index is 0.0709. The second-order valence-corrected chi connectivity index (χ2v) is 8.79. The summed E-state index contributed by atoms with van der Waals surface area (Å²) >= 11 is 1.38. The highest BCUT2D eigenvalue weighted by molar-refractivity contribution is 7.99. The SMILES string of the molecule is Cc1occc1-c1nnc(SCC(=O)Nc2ccccc2C(C)C)n1Cc1ccccc1. The van der Waals surface area contributed by atoms with Gasteiger partial charge in [-0.05, 0) is 36.1 Å². The van der Waals surface area contributed by atoms with Crippen LogP contribution in [0.25, 0.3) is 11.4 Å². The maximum absolute atomic E-state index is 12.7. The molecule has 0 aliphatic rings. The van der Waals surface area contributed by atoms with Gasteiger partial charge in [-0.1, -0.05) is 74.1 Å². The summed E-state index contributed by atoms with van der Waals surface area (Å²) < 4.78 is 7.51. The van der Waals surface area contributed by atoms with E-state index in [1.54, 1.807) is 6.26 Å². The zero-order chi connectivity index (χ0) is 22.5. The molecule has 164 valence electrons. The molecule has 0 spiro atoms. The monoisotopic (exact) mass is 446 g/mol. The molecule has 2 heterocycles. The largest absolute Gasteiger partial charge is 0.469 e. The first-order chi connectivity index (χ1) is 15.5. The van der Waals surface area contributed by atoms with Crippen molar-refractivity contribution in [2.45, 2.75) is 38.4 Å². The van der Waals surface area contributed by atoms with Gasteiger partial charge in [0, 0.05) is 5.69 Å². The summed E-state index contributed by atoms with van der Waals surface area (Å²) in [6.45, 7) is 6.74. The Morgan fingerprint density at radius 1 is 1.06 bits per heavy atom. The summed E-state index contributed by atoms with van der Waals surface area (Å²) in [6.07, 6.45) is 1.65. The lowest BCUT2D eigenvalue weighted by Crippen LogP contribution is -2.16. The van der Waals surface area contributed by atoms with Gasteiger partial charge >= 0.3 is 0 Å². The molecular formula is C25H26N4O2S. The molecule has 2 aromatic heterocycles. The quantitative estimate of drug-likeness (QED) is 0.349. The molecule has 0 fully saturated rings. The number of nitrogens with one attached hydrogen (secondary N) is 1. The number of aromatic nitrogens is 3. The first-order valence-corrected chi connectivity index (χ1v) is 11.5. The van der Waals surface area contributed by atoms with Crippen LogP contribution in [0.3, 0.4) is 0 Å². The number of furan rings is 1. The van der Waals surface area contributed by atoms with E-state index in [1.807, 2.05) is 60.0 Å². The van der Waals surface area contributed by atoms with Gasteiger partial charge < -0.3 is 9.73 Å². The van der Waals surface area contributed by atoms with Crippen LogP contribution in [-0.4, -0.2) is 26.4 Å². The Hall–Kier alpha value is -3.32. The topological polar surface area (TPSA) is 72.9 Å². The van der Waals surface area contributed by atoms with Crippen molar-refractivity contribution >= 4 is 23.4 Å². The molecule has 32 heavy (non-hydrogen) atoms. The van der Waals surface area contributed by atoms with Crippen LogP contribution in [0.1, 0.15) is 36.7 Å². The fraction of sp³-hybridized carbons (Fsp3) is 0.240. The lowest BCUT2D eigenvalue weighted by molar-refractivity contribution is -0.113. The Kier molecular flexibility index (Phi) is 6.75. The highest BCUT2D eigenvalue weighted by atomic mass is 32.2. The van der Waals surface area contributed by atoms with Crippen molar-refractivity contribution in [1.82, 2.24) is 14.8 Å². The van der Waals surface area contributed by atoms with E-state index in [0.29, 0.717) is 17.6 Å². The summed E-state index contributed by atoms with van der Waals surface area (Å²) in [5.74, 6) is 2.01. The zero-order valence-electron chi connectivity index (χ0n) is 18.4. The van der Waals surface area contributed by atoms with E-state index >= 15 is 0 Å². The van der Waals surface area contributed by atoms with E-state index in [0.717, 1.165) is 34.0 Å². The fourth-order valence-corrected chi connectivity index (χ4v) is 4.29. The zero-order valence-corrected chi connectivity index (χ0v) is 19.2. The average molecular weight is 447 g/mol. The molecule has 1 amide bonds. The van der Waals surface area contributed by atoms with Crippen molar-refractivity contribution in [3.63, 3.8) is 0 Å². The van der Waals surface area contributed by atoms with Crippen molar-refractivity contribution in [2.24, 2.45) is 0 Å². The highest BCUT2D eigenvalue weighted by Crippen LogP contribution is 2.28. The van der Waals surface area contributed by atoms with Gasteiger partial charge in [0.05, 0.1) is 24.1 Å². The molecule has 0 atom stereocenters. The van der Waals surface area contributed by atoms with Crippen LogP contribution < -0.4 is 5.32 Å². The Labute approximate surface area is 192 Å². The summed E-state index contributed by atoms with van der Waals surface area (Å²) in [4.78, 5) is 12.7. The number of hydrogen-bond donors (Lipinski definition) is 1. The number of anilines is 1. The van der Waals surface area contributed by atoms with Gasteiger partial charge in [-0.25, -0.2) is 0 Å². The Bertz CT molecular complexity index is 1200. The fourth-order valence-electron chi connectivity index (χ4n) is 3.55. The van der Waals surface area contributed by atoms with Gasteiger partial charge in [0.2, 0.25) is 5.91 Å². The van der Waals surface area contributed by atoms with E-state index in [2.05, 4.69) is 41.5 Å². The van der Waals surface area contributed by atoms with Crippen LogP contribution in [0.15, 0.2) is 76.5 Å². The van der Waals surface area contributed by atoms with Crippen LogP contribution >= 0.6 is 11.8 Å². The minimum Gasteiger partial charge on any atom is -0.469 e. The molecule has 4 rings (SSSR count). The van der Waals surface area contributed by atoms with E-state index in [-0.39, 0.29) is 11.7 Å². The molecule has 6 nitrogen and oxygen atoms in total. The van der Waals surface area contributed by atoms with Gasteiger partial charge in [0.25, 0.3) is 0 Å². The lowest BCUT2D eigenvalue weighted by atomic mass is 10.0. The number of rotatable bonds is 8. The van der Waals surface area contributed by atoms with Crippen LogP contribution in [0.2, 0.25) is 0 Å². The van der Waals surface area contributed by atoms with Gasteiger partial charge in [-0.15, -0.1) is 10.2 Å². The smallest absolute Gasteiger partial charge is 0.234 e. The standard InChI is InChI=1S/C25H26N4O2S/c1-17(2)20-11-7-8-12-22(20)26-23(30)16-32-25-28-27-24(21-13-14-31-18(21)3)29(25)15-19-9-5-4-6-10-19/h4-14,17H,15-16H2,1-3H3,(H,26,30). The van der Waals surface area contributed by atoms with Crippen molar-refractivity contribution in [2.75, 3.05) is 11.1 Å². The number of aryl methyl sites for hydroxylation is 1. The van der Waals surface area contributed by atoms with Crippen molar-refractivity contribution < 1.29 is 9.21 Å². The maximum Gasteiger partial charge on any atom is 0.234 e. The Morgan fingerprint density at radius 2 is 1.81 bits per heavy atom. The molecule has 2 aromatic carbocycles. The molecule has 0 bridgehead atoms. The first kappa shape index (κ1) is 21.9. The molecule has 0 aliphatic heterocycles. The molecule has 4 aromatic rings. The first-order valence-electron chi connectivity index (χ1n) is 10.6. The highest BCUT2D eigenvalue weighted by Gasteiger charge is 2.19. The lowest BCUT2D eigenvalue weighted by Gasteiger charge is -2.14. The van der Waals surface area contributed by atoms with Crippen LogP contribution in [0, 0.1) is 6.92 Å². The number of nitrogens with zero attached hydrogens (tertiary/aromatic N) is 3. The Balaban J connectivity index is 1.54. The molecule has 0 unspecified atom stereocenters. The second kappa shape index (κ2) is 9.87. The number of thioether (sulfide) groups is 1.